The fourth-order valence-corrected chi connectivity index (χ4v) is 6.41. The smallest absolute Gasteiger partial charge is 0.321 e. The van der Waals surface area contributed by atoms with Crippen LogP contribution in [0, 0.1) is 12.8 Å². The van der Waals surface area contributed by atoms with E-state index in [1.54, 1.807) is 0 Å². The predicted octanol–water partition coefficient (Wildman–Crippen LogP) is 4.83. The summed E-state index contributed by atoms with van der Waals surface area (Å²) in [5.74, 6) is 0.545. The van der Waals surface area contributed by atoms with Gasteiger partial charge in [0.05, 0.1) is 11.7 Å². The van der Waals surface area contributed by atoms with Gasteiger partial charge < -0.3 is 15.1 Å². The highest BCUT2D eigenvalue weighted by Crippen LogP contribution is 2.38. The van der Waals surface area contributed by atoms with E-state index in [0.717, 1.165) is 57.4 Å². The Hall–Kier alpha value is -2.90. The Morgan fingerprint density at radius 3 is 2.32 bits per heavy atom. The quantitative estimate of drug-likeness (QED) is 0.576. The van der Waals surface area contributed by atoms with Gasteiger partial charge in [-0.2, -0.15) is 0 Å². The van der Waals surface area contributed by atoms with Crippen molar-refractivity contribution in [2.75, 3.05) is 31.5 Å². The molecule has 0 unspecified atom stereocenters. The van der Waals surface area contributed by atoms with E-state index in [9.17, 15) is 9.59 Å². The maximum atomic E-state index is 13.9. The van der Waals surface area contributed by atoms with Crippen LogP contribution >= 0.6 is 0 Å². The first kappa shape index (κ1) is 26.7. The highest BCUT2D eigenvalue weighted by Gasteiger charge is 2.55. The molecule has 3 aliphatic rings. The summed E-state index contributed by atoms with van der Waals surface area (Å²) in [7, 11) is 0. The van der Waals surface area contributed by atoms with Gasteiger partial charge in [0.15, 0.2) is 0 Å². The normalized spacial score (nSPS) is 23.1. The van der Waals surface area contributed by atoms with Crippen LogP contribution in [0.15, 0.2) is 54.6 Å². The van der Waals surface area contributed by atoms with Crippen LogP contribution in [0.1, 0.15) is 57.1 Å². The number of urea groups is 1. The number of piperidine rings is 2. The average Bonchev–Trinajstić information content (AvgIpc) is 3.22. The number of anilines is 1. The van der Waals surface area contributed by atoms with Crippen molar-refractivity contribution in [1.29, 1.82) is 0 Å². The number of benzene rings is 2. The summed E-state index contributed by atoms with van der Waals surface area (Å²) in [6, 6.07) is 18.6. The van der Waals surface area contributed by atoms with Gasteiger partial charge >= 0.3 is 6.03 Å². The molecule has 0 radical (unpaired) electrons. The molecule has 2 N–H and O–H groups in total. The van der Waals surface area contributed by atoms with Crippen LogP contribution in [0.3, 0.4) is 0 Å². The van der Waals surface area contributed by atoms with E-state index in [-0.39, 0.29) is 35.6 Å². The van der Waals surface area contributed by atoms with Gasteiger partial charge in [-0.15, -0.1) is 0 Å². The molecule has 0 bridgehead atoms. The summed E-state index contributed by atoms with van der Waals surface area (Å²) in [5.41, 5.74) is 2.96. The van der Waals surface area contributed by atoms with Gasteiger partial charge in [0.2, 0.25) is 5.91 Å². The van der Waals surface area contributed by atoms with Crippen molar-refractivity contribution in [3.8, 4) is 0 Å². The SMILES string of the molecule is CC[C@H](C)[C@@H]1NC2(CCN(C(=O)Nc3ccc(C)cc3)CC2)N(C2CCN(Cc3ccccc3)CC2)C1=O. The van der Waals surface area contributed by atoms with E-state index >= 15 is 0 Å². The van der Waals surface area contributed by atoms with Crippen molar-refractivity contribution >= 4 is 17.6 Å². The molecule has 1 spiro atoms. The monoisotopic (exact) mass is 517 g/mol. The molecular formula is C31H43N5O2. The van der Waals surface area contributed by atoms with Crippen LogP contribution in [0.4, 0.5) is 10.5 Å². The van der Waals surface area contributed by atoms with E-state index in [1.807, 2.05) is 36.1 Å². The molecule has 0 aromatic heterocycles. The lowest BCUT2D eigenvalue weighted by Crippen LogP contribution is -2.63. The molecule has 2 atom stereocenters. The average molecular weight is 518 g/mol. The van der Waals surface area contributed by atoms with E-state index in [1.165, 1.54) is 11.1 Å². The summed E-state index contributed by atoms with van der Waals surface area (Å²) in [6.07, 6.45) is 4.47. The van der Waals surface area contributed by atoms with Crippen molar-refractivity contribution in [2.24, 2.45) is 5.92 Å². The third-order valence-corrected chi connectivity index (χ3v) is 8.95. The molecule has 3 aliphatic heterocycles. The number of likely N-dealkylation sites (tertiary alicyclic amines) is 2. The van der Waals surface area contributed by atoms with Gasteiger partial charge in [-0.05, 0) is 43.4 Å². The van der Waals surface area contributed by atoms with Gasteiger partial charge in [0, 0.05) is 57.3 Å². The maximum absolute atomic E-state index is 13.9. The molecule has 7 nitrogen and oxygen atoms in total. The van der Waals surface area contributed by atoms with Crippen molar-refractivity contribution in [2.45, 2.75) is 77.2 Å². The van der Waals surface area contributed by atoms with Crippen LogP contribution in [-0.4, -0.2) is 70.6 Å². The molecule has 7 heteroatoms. The fraction of sp³-hybridized carbons (Fsp3) is 0.548. The number of hydrogen-bond donors (Lipinski definition) is 2. The summed E-state index contributed by atoms with van der Waals surface area (Å²) >= 11 is 0. The molecule has 3 saturated heterocycles. The number of aryl methyl sites for hydroxylation is 1. The minimum atomic E-state index is -0.363. The third kappa shape index (κ3) is 5.59. The maximum Gasteiger partial charge on any atom is 0.321 e. The van der Waals surface area contributed by atoms with E-state index in [0.29, 0.717) is 13.1 Å². The van der Waals surface area contributed by atoms with Crippen LogP contribution in [0.5, 0.6) is 0 Å². The molecule has 204 valence electrons. The highest BCUT2D eigenvalue weighted by atomic mass is 16.2. The minimum absolute atomic E-state index is 0.0627. The second-order valence-electron chi connectivity index (χ2n) is 11.5. The number of nitrogens with zero attached hydrogens (tertiary/aromatic N) is 3. The first-order valence-corrected chi connectivity index (χ1v) is 14.4. The number of rotatable bonds is 6. The Morgan fingerprint density at radius 2 is 1.68 bits per heavy atom. The largest absolute Gasteiger partial charge is 0.324 e. The molecule has 3 amide bonds. The Labute approximate surface area is 227 Å². The summed E-state index contributed by atoms with van der Waals surface area (Å²) in [6.45, 7) is 10.6. The third-order valence-electron chi connectivity index (χ3n) is 8.95. The van der Waals surface area contributed by atoms with Gasteiger partial charge in [-0.1, -0.05) is 68.3 Å². The van der Waals surface area contributed by atoms with E-state index in [2.05, 4.69) is 64.6 Å². The van der Waals surface area contributed by atoms with Crippen molar-refractivity contribution < 1.29 is 9.59 Å². The summed E-state index contributed by atoms with van der Waals surface area (Å²) in [5, 5.41) is 6.87. The number of carbonyl (C=O) groups excluding carboxylic acids is 2. The molecule has 3 fully saturated rings. The molecule has 3 heterocycles. The Kier molecular flexibility index (Phi) is 8.05. The molecule has 0 aliphatic carbocycles. The number of hydrogen-bond acceptors (Lipinski definition) is 4. The zero-order valence-corrected chi connectivity index (χ0v) is 23.2. The number of carbonyl (C=O) groups is 2. The van der Waals surface area contributed by atoms with Crippen LogP contribution < -0.4 is 10.6 Å². The lowest BCUT2D eigenvalue weighted by atomic mass is 9.92. The topological polar surface area (TPSA) is 67.9 Å². The van der Waals surface area contributed by atoms with Crippen LogP contribution in [0.2, 0.25) is 0 Å². The van der Waals surface area contributed by atoms with Crippen LogP contribution in [0.25, 0.3) is 0 Å². The zero-order chi connectivity index (χ0) is 26.7. The second-order valence-corrected chi connectivity index (χ2v) is 11.5. The standard InChI is InChI=1S/C31H43N5O2/c1-4-24(3)28-29(37)36(27-14-18-34(19-15-27)22-25-8-6-5-7-9-25)31(33-28)16-20-35(21-17-31)30(38)32-26-12-10-23(2)11-13-26/h5-13,24,27-28,33H,4,14-22H2,1-3H3,(H,32,38)/t24-,28-/m0/s1. The summed E-state index contributed by atoms with van der Waals surface area (Å²) < 4.78 is 0. The van der Waals surface area contributed by atoms with Gasteiger partial charge in [0.1, 0.15) is 0 Å². The predicted molar refractivity (Wildman–Crippen MR) is 152 cm³/mol. The zero-order valence-electron chi connectivity index (χ0n) is 23.2. The lowest BCUT2D eigenvalue weighted by Gasteiger charge is -2.49. The molecule has 0 saturated carbocycles. The Balaban J connectivity index is 1.25. The number of nitrogens with one attached hydrogen (secondary N) is 2. The van der Waals surface area contributed by atoms with Crippen molar-refractivity contribution in [3.05, 3.63) is 65.7 Å². The van der Waals surface area contributed by atoms with Crippen molar-refractivity contribution in [1.82, 2.24) is 20.0 Å². The molecule has 38 heavy (non-hydrogen) atoms. The molecule has 2 aromatic carbocycles. The van der Waals surface area contributed by atoms with E-state index in [4.69, 9.17) is 0 Å². The fourth-order valence-electron chi connectivity index (χ4n) is 6.41. The first-order chi connectivity index (χ1) is 18.4. The van der Waals surface area contributed by atoms with E-state index < -0.39 is 0 Å². The Morgan fingerprint density at radius 1 is 1.03 bits per heavy atom. The number of amides is 3. The van der Waals surface area contributed by atoms with Gasteiger partial charge in [-0.25, -0.2) is 4.79 Å². The second kappa shape index (κ2) is 11.5. The van der Waals surface area contributed by atoms with Gasteiger partial charge in [0.25, 0.3) is 0 Å². The minimum Gasteiger partial charge on any atom is -0.324 e. The Bertz CT molecular complexity index is 1090. The highest BCUT2D eigenvalue weighted by molar-refractivity contribution is 5.89. The summed E-state index contributed by atoms with van der Waals surface area (Å²) in [4.78, 5) is 33.6. The lowest BCUT2D eigenvalue weighted by molar-refractivity contribution is -0.138. The molecule has 5 rings (SSSR count). The molecule has 2 aromatic rings. The van der Waals surface area contributed by atoms with Gasteiger partial charge in [-0.3, -0.25) is 15.0 Å². The molecular weight excluding hydrogens is 474 g/mol. The van der Waals surface area contributed by atoms with Crippen LogP contribution in [-0.2, 0) is 11.3 Å². The van der Waals surface area contributed by atoms with Crippen molar-refractivity contribution in [3.63, 3.8) is 0 Å². The first-order valence-electron chi connectivity index (χ1n) is 14.4.